The third-order valence-electron chi connectivity index (χ3n) is 0.945. The maximum Gasteiger partial charge on any atom is 0.432 e. The molecule has 1 aromatic rings. The maximum absolute atomic E-state index is 10.2. The number of nitrogens with zero attached hydrogens (tertiary/aromatic N) is 2. The zero-order chi connectivity index (χ0) is 7.56. The Kier molecular flexibility index (Phi) is 1.42. The van der Waals surface area contributed by atoms with E-state index in [0.29, 0.717) is 5.56 Å². The van der Waals surface area contributed by atoms with Crippen LogP contribution in [0.2, 0.25) is 0 Å². The molecular weight excluding hydrogens is 132 g/mol. The molecule has 4 nitrogen and oxygen atoms in total. The van der Waals surface area contributed by atoms with E-state index in [1.165, 1.54) is 12.4 Å². The van der Waals surface area contributed by atoms with Gasteiger partial charge in [0.15, 0.2) is 0 Å². The van der Waals surface area contributed by atoms with Crippen molar-refractivity contribution in [1.82, 2.24) is 9.78 Å². The van der Waals surface area contributed by atoms with Crippen LogP contribution in [0.25, 0.3) is 0 Å². The highest BCUT2D eigenvalue weighted by Gasteiger charge is 2.00. The van der Waals surface area contributed by atoms with Gasteiger partial charge >= 0.3 is 6.09 Å². The smallest absolute Gasteiger partial charge is 0.432 e. The van der Waals surface area contributed by atoms with Gasteiger partial charge in [-0.15, -0.1) is 6.42 Å². The fraction of sp³-hybridized carbons (Fsp3) is 0. The van der Waals surface area contributed by atoms with Gasteiger partial charge in [0, 0.05) is 0 Å². The van der Waals surface area contributed by atoms with E-state index in [1.807, 2.05) is 0 Å². The molecule has 0 aliphatic carbocycles. The molecule has 0 aliphatic heterocycles. The minimum Gasteiger partial charge on any atom is -0.463 e. The first-order chi connectivity index (χ1) is 4.74. The largest absolute Gasteiger partial charge is 0.463 e. The topological polar surface area (TPSA) is 55.1 Å². The summed E-state index contributed by atoms with van der Waals surface area (Å²) in [6.45, 7) is 0. The molecule has 1 N–H and O–H groups in total. The Labute approximate surface area is 57.1 Å². The van der Waals surface area contributed by atoms with E-state index < -0.39 is 6.09 Å². The Morgan fingerprint density at radius 2 is 2.60 bits per heavy atom. The molecule has 0 aromatic carbocycles. The molecular formula is C6H4N2O2. The second kappa shape index (κ2) is 2.23. The second-order valence-electron chi connectivity index (χ2n) is 1.60. The maximum atomic E-state index is 10.2. The standard InChI is InChI=1S/C6H4N2O2/c1-2-5-3-7-8(4-5)6(9)10/h1,3-4H,(H,9,10). The quantitative estimate of drug-likeness (QED) is 0.525. The van der Waals surface area contributed by atoms with Crippen LogP contribution in [0.3, 0.4) is 0 Å². The third kappa shape index (κ3) is 0.977. The predicted octanol–water partition coefficient (Wildman–Crippen LogP) is 0.390. The Bertz CT molecular complexity index is 295. The Morgan fingerprint density at radius 1 is 1.90 bits per heavy atom. The molecule has 0 aliphatic rings. The fourth-order valence-electron chi connectivity index (χ4n) is 0.502. The molecule has 4 heteroatoms. The van der Waals surface area contributed by atoms with Crippen molar-refractivity contribution < 1.29 is 9.90 Å². The van der Waals surface area contributed by atoms with Gasteiger partial charge in [0.1, 0.15) is 0 Å². The minimum absolute atomic E-state index is 0.461. The van der Waals surface area contributed by atoms with E-state index in [2.05, 4.69) is 11.0 Å². The van der Waals surface area contributed by atoms with Gasteiger partial charge in [-0.2, -0.15) is 9.78 Å². The summed E-state index contributed by atoms with van der Waals surface area (Å²) in [5.74, 6) is 2.26. The first-order valence-corrected chi connectivity index (χ1v) is 2.48. The summed E-state index contributed by atoms with van der Waals surface area (Å²) in [7, 11) is 0. The van der Waals surface area contributed by atoms with E-state index in [9.17, 15) is 4.79 Å². The predicted molar refractivity (Wildman–Crippen MR) is 33.6 cm³/mol. The number of terminal acetylenes is 1. The van der Waals surface area contributed by atoms with Gasteiger partial charge in [0.25, 0.3) is 0 Å². The summed E-state index contributed by atoms with van der Waals surface area (Å²) in [5, 5.41) is 11.8. The molecule has 0 saturated heterocycles. The van der Waals surface area contributed by atoms with Crippen LogP contribution in [0.4, 0.5) is 4.79 Å². The summed E-state index contributed by atoms with van der Waals surface area (Å²) in [6, 6.07) is 0. The van der Waals surface area contributed by atoms with E-state index in [-0.39, 0.29) is 0 Å². The summed E-state index contributed by atoms with van der Waals surface area (Å²) < 4.78 is 0.759. The van der Waals surface area contributed by atoms with Crippen molar-refractivity contribution in [2.75, 3.05) is 0 Å². The van der Waals surface area contributed by atoms with Crippen molar-refractivity contribution in [2.45, 2.75) is 0 Å². The Balaban J connectivity index is 3.02. The molecule has 1 heterocycles. The average Bonchev–Trinajstić information content (AvgIpc) is 2.34. The van der Waals surface area contributed by atoms with Crippen LogP contribution in [0.15, 0.2) is 12.4 Å². The zero-order valence-corrected chi connectivity index (χ0v) is 4.98. The van der Waals surface area contributed by atoms with Gasteiger partial charge in [0.05, 0.1) is 18.0 Å². The van der Waals surface area contributed by atoms with Crippen LogP contribution in [0.1, 0.15) is 5.56 Å². The Hall–Kier alpha value is -1.76. The molecule has 0 bridgehead atoms. The monoisotopic (exact) mass is 136 g/mol. The van der Waals surface area contributed by atoms with Crippen molar-refractivity contribution in [1.29, 1.82) is 0 Å². The van der Waals surface area contributed by atoms with Crippen molar-refractivity contribution in [2.24, 2.45) is 0 Å². The van der Waals surface area contributed by atoms with Crippen molar-refractivity contribution in [3.8, 4) is 12.3 Å². The molecule has 10 heavy (non-hydrogen) atoms. The van der Waals surface area contributed by atoms with Crippen molar-refractivity contribution in [3.05, 3.63) is 18.0 Å². The van der Waals surface area contributed by atoms with Gasteiger partial charge in [-0.25, -0.2) is 4.79 Å². The number of hydrogen-bond donors (Lipinski definition) is 1. The number of aromatic nitrogens is 2. The van der Waals surface area contributed by atoms with Gasteiger partial charge in [-0.1, -0.05) is 5.92 Å². The van der Waals surface area contributed by atoms with E-state index >= 15 is 0 Å². The molecule has 1 aromatic heterocycles. The lowest BCUT2D eigenvalue weighted by molar-refractivity contribution is 0.192. The lowest BCUT2D eigenvalue weighted by Gasteiger charge is -1.85. The molecule has 0 radical (unpaired) electrons. The van der Waals surface area contributed by atoms with Crippen LogP contribution in [0.5, 0.6) is 0 Å². The average molecular weight is 136 g/mol. The summed E-state index contributed by atoms with van der Waals surface area (Å²) in [4.78, 5) is 10.2. The molecule has 0 saturated carbocycles. The number of carboxylic acid groups (broad SMARTS) is 1. The van der Waals surface area contributed by atoms with Crippen LogP contribution < -0.4 is 0 Å². The van der Waals surface area contributed by atoms with Gasteiger partial charge in [0.2, 0.25) is 0 Å². The zero-order valence-electron chi connectivity index (χ0n) is 4.98. The highest BCUT2D eigenvalue weighted by Crippen LogP contribution is 1.92. The first-order valence-electron chi connectivity index (χ1n) is 2.48. The minimum atomic E-state index is -1.14. The van der Waals surface area contributed by atoms with Crippen molar-refractivity contribution >= 4 is 6.09 Å². The van der Waals surface area contributed by atoms with Crippen LogP contribution in [-0.4, -0.2) is 21.0 Å². The molecule has 0 atom stereocenters. The summed E-state index contributed by atoms with van der Waals surface area (Å²) in [6.07, 6.45) is 6.41. The lowest BCUT2D eigenvalue weighted by Crippen LogP contribution is -2.07. The van der Waals surface area contributed by atoms with Gasteiger partial charge in [-0.3, -0.25) is 0 Å². The SMILES string of the molecule is C#Cc1cnn(C(=O)O)c1. The fourth-order valence-corrected chi connectivity index (χ4v) is 0.502. The first kappa shape index (κ1) is 6.36. The van der Waals surface area contributed by atoms with E-state index in [0.717, 1.165) is 4.68 Å². The van der Waals surface area contributed by atoms with Crippen LogP contribution in [-0.2, 0) is 0 Å². The Morgan fingerprint density at radius 3 is 2.90 bits per heavy atom. The van der Waals surface area contributed by atoms with Crippen molar-refractivity contribution in [3.63, 3.8) is 0 Å². The van der Waals surface area contributed by atoms with Gasteiger partial charge in [-0.05, 0) is 0 Å². The highest BCUT2D eigenvalue weighted by molar-refractivity contribution is 5.66. The summed E-state index contributed by atoms with van der Waals surface area (Å²) >= 11 is 0. The van der Waals surface area contributed by atoms with E-state index in [1.54, 1.807) is 0 Å². The summed E-state index contributed by atoms with van der Waals surface area (Å²) in [5.41, 5.74) is 0.461. The molecule has 0 spiro atoms. The molecule has 50 valence electrons. The number of hydrogen-bond acceptors (Lipinski definition) is 2. The second-order valence-corrected chi connectivity index (χ2v) is 1.60. The normalized spacial score (nSPS) is 8.70. The third-order valence-corrected chi connectivity index (χ3v) is 0.945. The molecule has 0 unspecified atom stereocenters. The molecule has 0 amide bonds. The van der Waals surface area contributed by atoms with E-state index in [4.69, 9.17) is 11.5 Å². The molecule has 1 rings (SSSR count). The lowest BCUT2D eigenvalue weighted by atomic mass is 10.4. The van der Waals surface area contributed by atoms with Crippen LogP contribution in [0, 0.1) is 12.3 Å². The van der Waals surface area contributed by atoms with Crippen LogP contribution >= 0.6 is 0 Å². The number of carbonyl (C=O) groups is 1. The molecule has 0 fully saturated rings. The number of rotatable bonds is 0. The van der Waals surface area contributed by atoms with Gasteiger partial charge < -0.3 is 5.11 Å². The highest BCUT2D eigenvalue weighted by atomic mass is 16.4.